The Kier molecular flexibility index (Phi) is 3.16. The van der Waals surface area contributed by atoms with Gasteiger partial charge in [-0.05, 0) is 45.2 Å². The zero-order valence-electron chi connectivity index (χ0n) is 12.3. The Balaban J connectivity index is 1.99. The van der Waals surface area contributed by atoms with Crippen LogP contribution in [0.25, 0.3) is 0 Å². The molecule has 0 radical (unpaired) electrons. The summed E-state index contributed by atoms with van der Waals surface area (Å²) in [5.74, 6) is -0.652. The predicted molar refractivity (Wildman–Crippen MR) is 73.0 cm³/mol. The minimum absolute atomic E-state index is 0.227. The molecule has 2 aliphatic heterocycles. The number of hydrogen-bond acceptors (Lipinski definition) is 4. The third kappa shape index (κ3) is 2.27. The molecule has 0 aliphatic carbocycles. The van der Waals surface area contributed by atoms with Crippen LogP contribution in [0.4, 0.5) is 9.18 Å². The third-order valence-corrected chi connectivity index (χ3v) is 4.03. The van der Waals surface area contributed by atoms with Gasteiger partial charge >= 0.3 is 6.09 Å². The first kappa shape index (κ1) is 14.3. The molecule has 1 N–H and O–H groups in total. The molecule has 2 bridgehead atoms. The van der Waals surface area contributed by atoms with Crippen LogP contribution >= 0.6 is 0 Å². The maximum atomic E-state index is 13.9. The summed E-state index contributed by atoms with van der Waals surface area (Å²) in [6.45, 7) is 5.39. The lowest BCUT2D eigenvalue weighted by Crippen LogP contribution is -2.46. The van der Waals surface area contributed by atoms with Gasteiger partial charge < -0.3 is 9.84 Å². The zero-order chi connectivity index (χ0) is 15.4. The van der Waals surface area contributed by atoms with Crippen LogP contribution < -0.4 is 0 Å². The van der Waals surface area contributed by atoms with Crippen molar-refractivity contribution < 1.29 is 19.0 Å². The van der Waals surface area contributed by atoms with Gasteiger partial charge in [0.25, 0.3) is 0 Å². The first-order valence-corrected chi connectivity index (χ1v) is 7.13. The highest BCUT2D eigenvalue weighted by molar-refractivity contribution is 5.71. The van der Waals surface area contributed by atoms with Gasteiger partial charge in [-0.1, -0.05) is 0 Å². The minimum Gasteiger partial charge on any atom is -0.444 e. The van der Waals surface area contributed by atoms with Crippen LogP contribution in [-0.4, -0.2) is 32.7 Å². The summed E-state index contributed by atoms with van der Waals surface area (Å²) in [5, 5.41) is 10.4. The van der Waals surface area contributed by atoms with Gasteiger partial charge in [-0.15, -0.1) is 0 Å². The number of nitrogens with zero attached hydrogens (tertiary/aromatic N) is 2. The Morgan fingerprint density at radius 1 is 1.48 bits per heavy atom. The van der Waals surface area contributed by atoms with Crippen LogP contribution in [-0.2, 0) is 4.74 Å². The van der Waals surface area contributed by atoms with Crippen molar-refractivity contribution >= 4 is 6.09 Å². The highest BCUT2D eigenvalue weighted by Crippen LogP contribution is 2.49. The quantitative estimate of drug-likeness (QED) is 0.747. The second-order valence-corrected chi connectivity index (χ2v) is 6.60. The fourth-order valence-electron chi connectivity index (χ4n) is 3.27. The van der Waals surface area contributed by atoms with Crippen molar-refractivity contribution in [2.45, 2.75) is 57.4 Å². The molecule has 1 saturated heterocycles. The summed E-state index contributed by atoms with van der Waals surface area (Å²) in [6.07, 6.45) is 1.17. The summed E-state index contributed by atoms with van der Waals surface area (Å²) in [5.41, 5.74) is 0.255. The van der Waals surface area contributed by atoms with E-state index in [1.54, 1.807) is 31.7 Å². The van der Waals surface area contributed by atoms with E-state index in [9.17, 15) is 14.3 Å². The molecule has 0 saturated carbocycles. The average Bonchev–Trinajstić information content (AvgIpc) is 2.74. The molecule has 114 valence electrons. The van der Waals surface area contributed by atoms with E-state index in [1.165, 1.54) is 6.20 Å². The molecule has 5 nitrogen and oxygen atoms in total. The van der Waals surface area contributed by atoms with Crippen molar-refractivity contribution in [1.29, 1.82) is 0 Å². The Labute approximate surface area is 122 Å². The molecule has 3 heterocycles. The Morgan fingerprint density at radius 3 is 2.86 bits per heavy atom. The number of carbonyl (C=O) groups is 1. The number of rotatable bonds is 0. The lowest BCUT2D eigenvalue weighted by Gasteiger charge is -2.39. The van der Waals surface area contributed by atoms with E-state index in [2.05, 4.69) is 4.98 Å². The van der Waals surface area contributed by atoms with Crippen LogP contribution in [0.15, 0.2) is 12.3 Å². The van der Waals surface area contributed by atoms with Crippen molar-refractivity contribution in [2.75, 3.05) is 0 Å². The second kappa shape index (κ2) is 4.66. The highest BCUT2D eigenvalue weighted by atomic mass is 19.1. The van der Waals surface area contributed by atoms with Gasteiger partial charge in [-0.3, -0.25) is 4.90 Å². The fourth-order valence-corrected chi connectivity index (χ4v) is 3.27. The molecule has 1 aromatic rings. The van der Waals surface area contributed by atoms with Crippen molar-refractivity contribution in [2.24, 2.45) is 0 Å². The average molecular weight is 294 g/mol. The SMILES string of the molecule is CC(C)(C)OC(=O)N1C2CCC1[C@@H](O)c1c2ccnc1F. The fraction of sp³-hybridized carbons (Fsp3) is 0.600. The van der Waals surface area contributed by atoms with E-state index in [1.807, 2.05) is 0 Å². The van der Waals surface area contributed by atoms with Crippen molar-refractivity contribution in [3.05, 3.63) is 29.3 Å². The summed E-state index contributed by atoms with van der Waals surface area (Å²) >= 11 is 0. The first-order chi connectivity index (χ1) is 9.79. The van der Waals surface area contributed by atoms with Gasteiger partial charge in [0.15, 0.2) is 0 Å². The molecule has 1 amide bonds. The van der Waals surface area contributed by atoms with Crippen molar-refractivity contribution in [3.63, 3.8) is 0 Å². The number of halogens is 1. The number of ether oxygens (including phenoxy) is 1. The molecule has 3 rings (SSSR count). The van der Waals surface area contributed by atoms with E-state index < -0.39 is 29.8 Å². The van der Waals surface area contributed by atoms with Crippen LogP contribution in [0.3, 0.4) is 0 Å². The molecule has 2 aliphatic rings. The normalized spacial score (nSPS) is 27.5. The Bertz CT molecular complexity index is 585. The van der Waals surface area contributed by atoms with Gasteiger partial charge in [0, 0.05) is 11.8 Å². The standard InChI is InChI=1S/C15H19FN2O3/c1-15(2,3)21-14(20)18-9-4-5-10(18)12(19)11-8(9)6-7-17-13(11)16/h6-7,9-10,12,19H,4-5H2,1-3H3/t9?,10?,12-/m1/s1. The van der Waals surface area contributed by atoms with Crippen LogP contribution in [0.1, 0.15) is 56.9 Å². The molecule has 1 fully saturated rings. The van der Waals surface area contributed by atoms with E-state index >= 15 is 0 Å². The van der Waals surface area contributed by atoms with Gasteiger partial charge in [0.1, 0.15) is 11.7 Å². The predicted octanol–water partition coefficient (Wildman–Crippen LogP) is 2.71. The van der Waals surface area contributed by atoms with Gasteiger partial charge in [-0.25, -0.2) is 9.78 Å². The highest BCUT2D eigenvalue weighted by Gasteiger charge is 2.49. The lowest BCUT2D eigenvalue weighted by atomic mass is 9.92. The second-order valence-electron chi connectivity index (χ2n) is 6.60. The number of aliphatic hydroxyl groups is 1. The monoisotopic (exact) mass is 294 g/mol. The van der Waals surface area contributed by atoms with Crippen LogP contribution in [0, 0.1) is 5.95 Å². The van der Waals surface area contributed by atoms with Gasteiger partial charge in [-0.2, -0.15) is 4.39 Å². The number of carbonyl (C=O) groups excluding carboxylic acids is 1. The van der Waals surface area contributed by atoms with Crippen molar-refractivity contribution in [3.8, 4) is 0 Å². The Morgan fingerprint density at radius 2 is 2.19 bits per heavy atom. The maximum absolute atomic E-state index is 13.9. The number of pyridine rings is 1. The summed E-state index contributed by atoms with van der Waals surface area (Å²) in [7, 11) is 0. The minimum atomic E-state index is -1.06. The number of hydrogen-bond donors (Lipinski definition) is 1. The summed E-state index contributed by atoms with van der Waals surface area (Å²) in [4.78, 5) is 17.6. The Hall–Kier alpha value is -1.69. The van der Waals surface area contributed by atoms with Crippen LogP contribution in [0.5, 0.6) is 0 Å². The largest absolute Gasteiger partial charge is 0.444 e. The number of aromatic nitrogens is 1. The van der Waals surface area contributed by atoms with Crippen molar-refractivity contribution in [1.82, 2.24) is 9.88 Å². The lowest BCUT2D eigenvalue weighted by molar-refractivity contribution is -0.0125. The van der Waals surface area contributed by atoms with Crippen LogP contribution in [0.2, 0.25) is 0 Å². The zero-order valence-corrected chi connectivity index (χ0v) is 12.3. The summed E-state index contributed by atoms with van der Waals surface area (Å²) in [6, 6.07) is 0.974. The topological polar surface area (TPSA) is 62.7 Å². The molecule has 0 aromatic carbocycles. The molecule has 0 spiro atoms. The molecule has 2 unspecified atom stereocenters. The van der Waals surface area contributed by atoms with Gasteiger partial charge in [0.2, 0.25) is 5.95 Å². The number of aliphatic hydroxyl groups excluding tert-OH is 1. The van der Waals surface area contributed by atoms with Gasteiger partial charge in [0.05, 0.1) is 12.1 Å². The molecule has 1 aromatic heterocycles. The van der Waals surface area contributed by atoms with E-state index in [0.717, 1.165) is 0 Å². The molecule has 21 heavy (non-hydrogen) atoms. The number of fused-ring (bicyclic) bond motifs is 4. The number of amides is 1. The van der Waals surface area contributed by atoms with E-state index in [4.69, 9.17) is 4.74 Å². The maximum Gasteiger partial charge on any atom is 0.411 e. The molecular weight excluding hydrogens is 275 g/mol. The van der Waals surface area contributed by atoms with E-state index in [0.29, 0.717) is 18.4 Å². The van der Waals surface area contributed by atoms with E-state index in [-0.39, 0.29) is 11.6 Å². The molecular formula is C15H19FN2O3. The summed E-state index contributed by atoms with van der Waals surface area (Å²) < 4.78 is 19.3. The third-order valence-electron chi connectivity index (χ3n) is 4.03. The molecule has 3 atom stereocenters. The molecule has 6 heteroatoms. The smallest absolute Gasteiger partial charge is 0.411 e. The first-order valence-electron chi connectivity index (χ1n) is 7.13.